The van der Waals surface area contributed by atoms with E-state index in [0.29, 0.717) is 0 Å². The van der Waals surface area contributed by atoms with Gasteiger partial charge in [-0.25, -0.2) is 0 Å². The predicted molar refractivity (Wildman–Crippen MR) is 102 cm³/mol. The zero-order valence-electron chi connectivity index (χ0n) is 14.7. The second-order valence-electron chi connectivity index (χ2n) is 6.58. The van der Waals surface area contributed by atoms with Gasteiger partial charge in [0.2, 0.25) is 0 Å². The number of halogens is 1. The van der Waals surface area contributed by atoms with Gasteiger partial charge in [-0.05, 0) is 19.8 Å². The molecule has 1 nitrogen and oxygen atoms in total. The van der Waals surface area contributed by atoms with Gasteiger partial charge >= 0.3 is 0 Å². The second-order valence-corrected chi connectivity index (χ2v) is 6.96. The Morgan fingerprint density at radius 2 is 1.39 bits per heavy atom. The molecule has 0 radical (unpaired) electrons. The number of hydrogen-bond acceptors (Lipinski definition) is 1. The van der Waals surface area contributed by atoms with Gasteiger partial charge in [0, 0.05) is 16.5 Å². The van der Waals surface area contributed by atoms with Crippen molar-refractivity contribution in [1.29, 1.82) is 0 Å². The molecule has 0 N–H and O–H groups in total. The van der Waals surface area contributed by atoms with Gasteiger partial charge in [0.15, 0.2) is 0 Å². The molecule has 0 saturated carbocycles. The average Bonchev–Trinajstić information content (AvgIpc) is 2.57. The number of hydrogen-bond donors (Lipinski definition) is 0. The van der Waals surface area contributed by atoms with Crippen LogP contribution in [-0.2, 0) is 6.42 Å². The zero-order valence-corrected chi connectivity index (χ0v) is 15.5. The highest BCUT2D eigenvalue weighted by atomic mass is 35.5. The first kappa shape index (κ1) is 18.3. The lowest BCUT2D eigenvalue weighted by Crippen LogP contribution is -1.96. The summed E-state index contributed by atoms with van der Waals surface area (Å²) in [6.45, 7) is 4.28. The number of fused-ring (bicyclic) bond motifs is 1. The molecule has 0 amide bonds. The van der Waals surface area contributed by atoms with Crippen LogP contribution >= 0.6 is 11.6 Å². The molecule has 0 bridgehead atoms. The fourth-order valence-corrected chi connectivity index (χ4v) is 3.43. The third-order valence-electron chi connectivity index (χ3n) is 4.61. The molecule has 2 heteroatoms. The minimum atomic E-state index is 0.802. The Labute approximate surface area is 146 Å². The summed E-state index contributed by atoms with van der Waals surface area (Å²) in [5, 5.41) is 3.17. The Morgan fingerprint density at radius 3 is 2.04 bits per heavy atom. The Balaban J connectivity index is 1.78. The average molecular weight is 332 g/mol. The summed E-state index contributed by atoms with van der Waals surface area (Å²) >= 11 is 6.39. The van der Waals surface area contributed by atoms with E-state index in [1.54, 1.807) is 0 Å². The minimum Gasteiger partial charge on any atom is -0.256 e. The molecule has 0 saturated heterocycles. The normalized spacial score (nSPS) is 11.3. The van der Waals surface area contributed by atoms with E-state index < -0.39 is 0 Å². The van der Waals surface area contributed by atoms with Crippen LogP contribution in [0.15, 0.2) is 24.3 Å². The van der Waals surface area contributed by atoms with E-state index in [0.717, 1.165) is 22.5 Å². The van der Waals surface area contributed by atoms with Crippen LogP contribution in [0.25, 0.3) is 10.8 Å². The molecule has 0 fully saturated rings. The van der Waals surface area contributed by atoms with Crippen LogP contribution < -0.4 is 0 Å². The predicted octanol–water partition coefficient (Wildman–Crippen LogP) is 7.27. The lowest BCUT2D eigenvalue weighted by molar-refractivity contribution is 0.564. The van der Waals surface area contributed by atoms with Crippen molar-refractivity contribution in [3.63, 3.8) is 0 Å². The highest BCUT2D eigenvalue weighted by molar-refractivity contribution is 6.36. The van der Waals surface area contributed by atoms with Gasteiger partial charge in [-0.2, -0.15) is 0 Å². The molecule has 2 rings (SSSR count). The standard InChI is InChI=1S/C21H30ClN/c1-3-4-5-6-7-8-9-10-11-16-20-18-14-12-13-15-19(18)21(22)17(2)23-20/h12-15H,3-11,16H2,1-2H3. The molecule has 0 unspecified atom stereocenters. The van der Waals surface area contributed by atoms with Crippen LogP contribution in [0.3, 0.4) is 0 Å². The number of unbranched alkanes of at least 4 members (excludes halogenated alkanes) is 8. The molecule has 1 heterocycles. The summed E-state index contributed by atoms with van der Waals surface area (Å²) in [6.07, 6.45) is 13.3. The van der Waals surface area contributed by atoms with Crippen molar-refractivity contribution in [2.45, 2.75) is 78.1 Å². The molecule has 1 aromatic carbocycles. The van der Waals surface area contributed by atoms with E-state index in [1.807, 2.05) is 6.92 Å². The van der Waals surface area contributed by atoms with Crippen LogP contribution in [0.2, 0.25) is 5.02 Å². The highest BCUT2D eigenvalue weighted by Gasteiger charge is 2.09. The number of benzene rings is 1. The summed E-state index contributed by atoms with van der Waals surface area (Å²) in [5.41, 5.74) is 2.17. The van der Waals surface area contributed by atoms with Crippen molar-refractivity contribution < 1.29 is 0 Å². The van der Waals surface area contributed by atoms with Crippen molar-refractivity contribution in [2.75, 3.05) is 0 Å². The first-order valence-electron chi connectivity index (χ1n) is 9.27. The fourth-order valence-electron chi connectivity index (χ4n) is 3.23. The maximum atomic E-state index is 6.39. The summed E-state index contributed by atoms with van der Waals surface area (Å²) < 4.78 is 0. The largest absolute Gasteiger partial charge is 0.256 e. The van der Waals surface area contributed by atoms with E-state index in [4.69, 9.17) is 16.6 Å². The highest BCUT2D eigenvalue weighted by Crippen LogP contribution is 2.28. The minimum absolute atomic E-state index is 0.802. The van der Waals surface area contributed by atoms with Crippen LogP contribution in [0.1, 0.15) is 76.1 Å². The van der Waals surface area contributed by atoms with E-state index in [-0.39, 0.29) is 0 Å². The Hall–Kier alpha value is -1.08. The van der Waals surface area contributed by atoms with Crippen LogP contribution in [-0.4, -0.2) is 4.98 Å². The lowest BCUT2D eigenvalue weighted by Gasteiger charge is -2.10. The molecule has 0 aliphatic rings. The molecule has 1 aromatic heterocycles. The maximum Gasteiger partial charge on any atom is 0.0697 e. The van der Waals surface area contributed by atoms with Gasteiger partial charge in [0.1, 0.15) is 0 Å². The molecule has 23 heavy (non-hydrogen) atoms. The zero-order chi connectivity index (χ0) is 16.5. The number of rotatable bonds is 10. The molecule has 126 valence electrons. The molecular weight excluding hydrogens is 302 g/mol. The monoisotopic (exact) mass is 331 g/mol. The number of nitrogens with zero attached hydrogens (tertiary/aromatic N) is 1. The van der Waals surface area contributed by atoms with Gasteiger partial charge in [-0.15, -0.1) is 0 Å². The van der Waals surface area contributed by atoms with Gasteiger partial charge < -0.3 is 0 Å². The van der Waals surface area contributed by atoms with Crippen molar-refractivity contribution >= 4 is 22.4 Å². The summed E-state index contributed by atoms with van der Waals surface area (Å²) in [5.74, 6) is 0. The topological polar surface area (TPSA) is 12.9 Å². The summed E-state index contributed by atoms with van der Waals surface area (Å²) in [4.78, 5) is 4.74. The molecule has 0 atom stereocenters. The Bertz CT molecular complexity index is 606. The molecule has 0 spiro atoms. The van der Waals surface area contributed by atoms with E-state index in [9.17, 15) is 0 Å². The smallest absolute Gasteiger partial charge is 0.0697 e. The summed E-state index contributed by atoms with van der Waals surface area (Å²) in [6, 6.07) is 8.38. The number of pyridine rings is 1. The van der Waals surface area contributed by atoms with Crippen molar-refractivity contribution in [3.8, 4) is 0 Å². The Morgan fingerprint density at radius 1 is 0.826 bits per heavy atom. The molecule has 2 aromatic rings. The quantitative estimate of drug-likeness (QED) is 0.417. The fraction of sp³-hybridized carbons (Fsp3) is 0.571. The van der Waals surface area contributed by atoms with Gasteiger partial charge in [0.25, 0.3) is 0 Å². The van der Waals surface area contributed by atoms with Crippen molar-refractivity contribution in [1.82, 2.24) is 4.98 Å². The number of aromatic nitrogens is 1. The SMILES string of the molecule is CCCCCCCCCCCc1nc(C)c(Cl)c2ccccc12. The van der Waals surface area contributed by atoms with Gasteiger partial charge in [-0.3, -0.25) is 4.98 Å². The number of aryl methyl sites for hydroxylation is 2. The Kier molecular flexibility index (Phi) is 7.88. The lowest BCUT2D eigenvalue weighted by atomic mass is 10.0. The first-order chi connectivity index (χ1) is 11.2. The van der Waals surface area contributed by atoms with E-state index in [2.05, 4.69) is 31.2 Å². The molecular formula is C21H30ClN. The molecule has 0 aliphatic heterocycles. The third kappa shape index (κ3) is 5.49. The summed E-state index contributed by atoms with van der Waals surface area (Å²) in [7, 11) is 0. The van der Waals surface area contributed by atoms with Crippen molar-refractivity contribution in [2.24, 2.45) is 0 Å². The van der Waals surface area contributed by atoms with Gasteiger partial charge in [0.05, 0.1) is 10.7 Å². The van der Waals surface area contributed by atoms with E-state index >= 15 is 0 Å². The van der Waals surface area contributed by atoms with Gasteiger partial charge in [-0.1, -0.05) is 94.2 Å². The van der Waals surface area contributed by atoms with Crippen LogP contribution in [0, 0.1) is 6.92 Å². The maximum absolute atomic E-state index is 6.39. The third-order valence-corrected chi connectivity index (χ3v) is 5.09. The van der Waals surface area contributed by atoms with E-state index in [1.165, 1.54) is 68.9 Å². The second kappa shape index (κ2) is 9.93. The van der Waals surface area contributed by atoms with Crippen LogP contribution in [0.4, 0.5) is 0 Å². The molecule has 0 aliphatic carbocycles. The van der Waals surface area contributed by atoms with Crippen LogP contribution in [0.5, 0.6) is 0 Å². The van der Waals surface area contributed by atoms with Crippen molar-refractivity contribution in [3.05, 3.63) is 40.7 Å². The first-order valence-corrected chi connectivity index (χ1v) is 9.65.